The van der Waals surface area contributed by atoms with Gasteiger partial charge in [0.25, 0.3) is 21.8 Å². The van der Waals surface area contributed by atoms with E-state index in [1.165, 1.54) is 18.2 Å². The Bertz CT molecular complexity index is 708. The topological polar surface area (TPSA) is 83.6 Å². The van der Waals surface area contributed by atoms with Gasteiger partial charge in [0.05, 0.1) is 11.1 Å². The number of nitrogens with one attached hydrogen (secondary N) is 1. The van der Waals surface area contributed by atoms with E-state index >= 15 is 0 Å². The van der Waals surface area contributed by atoms with Crippen LogP contribution in [0, 0.1) is 0 Å². The summed E-state index contributed by atoms with van der Waals surface area (Å²) >= 11 is 0. The standard InChI is InChI=1S/C14H18N2O4S/c1-8(2)15-13(17)10-6-5-7-11-12(10)21(19,20)16(9(3)4)14(11)18/h5-9H,1-4H3,(H,15,17). The number of sulfonamides is 1. The summed E-state index contributed by atoms with van der Waals surface area (Å²) in [6.45, 7) is 6.80. The zero-order valence-electron chi connectivity index (χ0n) is 12.4. The molecule has 1 N–H and O–H groups in total. The van der Waals surface area contributed by atoms with Gasteiger partial charge in [-0.2, -0.15) is 0 Å². The lowest BCUT2D eigenvalue weighted by Gasteiger charge is -2.19. The van der Waals surface area contributed by atoms with Gasteiger partial charge in [-0.05, 0) is 39.8 Å². The number of carbonyl (C=O) groups is 2. The first kappa shape index (κ1) is 15.5. The average Bonchev–Trinajstić information content (AvgIpc) is 2.56. The van der Waals surface area contributed by atoms with Gasteiger partial charge >= 0.3 is 0 Å². The molecule has 0 aliphatic carbocycles. The minimum Gasteiger partial charge on any atom is -0.350 e. The Hall–Kier alpha value is -1.89. The number of carbonyl (C=O) groups excluding carboxylic acids is 2. The van der Waals surface area contributed by atoms with Crippen molar-refractivity contribution < 1.29 is 18.0 Å². The second kappa shape index (κ2) is 5.14. The van der Waals surface area contributed by atoms with Crippen molar-refractivity contribution in [2.75, 3.05) is 0 Å². The van der Waals surface area contributed by atoms with Crippen molar-refractivity contribution in [1.82, 2.24) is 9.62 Å². The van der Waals surface area contributed by atoms with Crippen LogP contribution in [0.2, 0.25) is 0 Å². The second-order valence-corrected chi connectivity index (χ2v) is 7.26. The third-order valence-corrected chi connectivity index (χ3v) is 5.16. The Morgan fingerprint density at radius 3 is 2.33 bits per heavy atom. The number of hydrogen-bond acceptors (Lipinski definition) is 4. The molecule has 0 bridgehead atoms. The number of nitrogens with zero attached hydrogens (tertiary/aromatic N) is 1. The van der Waals surface area contributed by atoms with Gasteiger partial charge in [0.2, 0.25) is 0 Å². The molecule has 1 aliphatic heterocycles. The highest BCUT2D eigenvalue weighted by Gasteiger charge is 2.45. The van der Waals surface area contributed by atoms with Crippen LogP contribution < -0.4 is 5.32 Å². The molecule has 0 unspecified atom stereocenters. The molecule has 0 saturated carbocycles. The lowest BCUT2D eigenvalue weighted by Crippen LogP contribution is -2.36. The van der Waals surface area contributed by atoms with Crippen LogP contribution in [0.1, 0.15) is 48.4 Å². The molecule has 0 atom stereocenters. The van der Waals surface area contributed by atoms with Gasteiger partial charge in [-0.1, -0.05) is 6.07 Å². The van der Waals surface area contributed by atoms with Crippen molar-refractivity contribution in [1.29, 1.82) is 0 Å². The van der Waals surface area contributed by atoms with E-state index in [4.69, 9.17) is 0 Å². The molecule has 1 aromatic rings. The molecule has 114 valence electrons. The summed E-state index contributed by atoms with van der Waals surface area (Å²) in [6.07, 6.45) is 0. The summed E-state index contributed by atoms with van der Waals surface area (Å²) in [7, 11) is -3.98. The minimum absolute atomic E-state index is 0.0118. The maximum Gasteiger partial charge on any atom is 0.269 e. The Balaban J connectivity index is 2.64. The molecule has 0 fully saturated rings. The molecular formula is C14H18N2O4S. The number of benzene rings is 1. The summed E-state index contributed by atoms with van der Waals surface area (Å²) in [5, 5.41) is 2.65. The Kier molecular flexibility index (Phi) is 3.79. The van der Waals surface area contributed by atoms with Gasteiger partial charge in [-0.15, -0.1) is 0 Å². The third kappa shape index (κ3) is 2.42. The number of rotatable bonds is 3. The number of fused-ring (bicyclic) bond motifs is 1. The van der Waals surface area contributed by atoms with Crippen LogP contribution in [0.4, 0.5) is 0 Å². The summed E-state index contributed by atoms with van der Waals surface area (Å²) < 4.78 is 26.0. The summed E-state index contributed by atoms with van der Waals surface area (Å²) in [4.78, 5) is 24.3. The molecule has 0 spiro atoms. The van der Waals surface area contributed by atoms with Crippen molar-refractivity contribution in [3.05, 3.63) is 29.3 Å². The molecule has 21 heavy (non-hydrogen) atoms. The monoisotopic (exact) mass is 310 g/mol. The first-order valence-corrected chi connectivity index (χ1v) is 8.14. The molecule has 0 aromatic heterocycles. The third-order valence-electron chi connectivity index (χ3n) is 3.10. The van der Waals surface area contributed by atoms with E-state index in [1.54, 1.807) is 27.7 Å². The molecule has 0 radical (unpaired) electrons. The molecule has 2 amide bonds. The smallest absolute Gasteiger partial charge is 0.269 e. The lowest BCUT2D eigenvalue weighted by atomic mass is 10.1. The predicted octanol–water partition coefficient (Wildman–Crippen LogP) is 1.38. The van der Waals surface area contributed by atoms with Gasteiger partial charge in [-0.3, -0.25) is 9.59 Å². The molecule has 2 rings (SSSR count). The quantitative estimate of drug-likeness (QED) is 0.914. The van der Waals surface area contributed by atoms with Gasteiger partial charge in [0.1, 0.15) is 4.90 Å². The molecule has 6 nitrogen and oxygen atoms in total. The van der Waals surface area contributed by atoms with E-state index in [0.29, 0.717) is 0 Å². The van der Waals surface area contributed by atoms with Crippen LogP contribution in [-0.4, -0.2) is 36.6 Å². The minimum atomic E-state index is -3.98. The highest BCUT2D eigenvalue weighted by molar-refractivity contribution is 7.90. The maximum atomic E-state index is 12.6. The maximum absolute atomic E-state index is 12.6. The van der Waals surface area contributed by atoms with Crippen LogP contribution in [0.15, 0.2) is 23.1 Å². The summed E-state index contributed by atoms with van der Waals surface area (Å²) in [5.41, 5.74) is 0.0674. The van der Waals surface area contributed by atoms with Crippen LogP contribution in [0.25, 0.3) is 0 Å². The highest BCUT2D eigenvalue weighted by atomic mass is 32.2. The fourth-order valence-electron chi connectivity index (χ4n) is 2.34. The van der Waals surface area contributed by atoms with Crippen molar-refractivity contribution in [3.63, 3.8) is 0 Å². The zero-order valence-corrected chi connectivity index (χ0v) is 13.2. The molecule has 1 aliphatic rings. The Morgan fingerprint density at radius 1 is 1.19 bits per heavy atom. The van der Waals surface area contributed by atoms with Crippen LogP contribution >= 0.6 is 0 Å². The number of hydrogen-bond donors (Lipinski definition) is 1. The van der Waals surface area contributed by atoms with Gasteiger partial charge < -0.3 is 5.32 Å². The molecule has 7 heteroatoms. The normalized spacial score (nSPS) is 16.5. The Labute approximate surface area is 124 Å². The van der Waals surface area contributed by atoms with Crippen LogP contribution in [0.3, 0.4) is 0 Å². The average molecular weight is 310 g/mol. The van der Waals surface area contributed by atoms with Crippen molar-refractivity contribution in [3.8, 4) is 0 Å². The van der Waals surface area contributed by atoms with Gasteiger partial charge in [0.15, 0.2) is 0 Å². The molecular weight excluding hydrogens is 292 g/mol. The number of amides is 2. The van der Waals surface area contributed by atoms with Crippen LogP contribution in [-0.2, 0) is 10.0 Å². The van der Waals surface area contributed by atoms with E-state index < -0.39 is 27.9 Å². The SMILES string of the molecule is CC(C)NC(=O)c1cccc2c1S(=O)(=O)N(C(C)C)C2=O. The van der Waals surface area contributed by atoms with Crippen molar-refractivity contribution >= 4 is 21.8 Å². The van der Waals surface area contributed by atoms with Crippen molar-refractivity contribution in [2.45, 2.75) is 44.7 Å². The summed E-state index contributed by atoms with van der Waals surface area (Å²) in [6, 6.07) is 3.74. The van der Waals surface area contributed by atoms with Gasteiger partial charge in [-0.25, -0.2) is 12.7 Å². The largest absolute Gasteiger partial charge is 0.350 e. The highest BCUT2D eigenvalue weighted by Crippen LogP contribution is 2.34. The second-order valence-electron chi connectivity index (χ2n) is 5.51. The first-order chi connectivity index (χ1) is 9.67. The lowest BCUT2D eigenvalue weighted by molar-refractivity contribution is 0.0846. The van der Waals surface area contributed by atoms with E-state index in [2.05, 4.69) is 5.32 Å². The van der Waals surface area contributed by atoms with Gasteiger partial charge in [0, 0.05) is 12.1 Å². The fraction of sp³-hybridized carbons (Fsp3) is 0.429. The van der Waals surface area contributed by atoms with Crippen LogP contribution in [0.5, 0.6) is 0 Å². The zero-order chi connectivity index (χ0) is 15.9. The first-order valence-electron chi connectivity index (χ1n) is 6.70. The van der Waals surface area contributed by atoms with E-state index in [9.17, 15) is 18.0 Å². The Morgan fingerprint density at radius 2 is 1.81 bits per heavy atom. The van der Waals surface area contributed by atoms with E-state index in [1.807, 2.05) is 0 Å². The van der Waals surface area contributed by atoms with E-state index in [0.717, 1.165) is 4.31 Å². The predicted molar refractivity (Wildman–Crippen MR) is 77.5 cm³/mol. The molecule has 0 saturated heterocycles. The molecule has 1 heterocycles. The fourth-order valence-corrected chi connectivity index (χ4v) is 4.28. The van der Waals surface area contributed by atoms with E-state index in [-0.39, 0.29) is 22.1 Å². The molecule has 1 aromatic carbocycles. The summed E-state index contributed by atoms with van der Waals surface area (Å²) in [5.74, 6) is -1.08. The van der Waals surface area contributed by atoms with Crippen molar-refractivity contribution in [2.24, 2.45) is 0 Å².